The number of halogens is 1. The maximum atomic E-state index is 5.81. The molecule has 17 heavy (non-hydrogen) atoms. The normalized spacial score (nSPS) is 11.5. The van der Waals surface area contributed by atoms with Crippen LogP contribution in [0.15, 0.2) is 41.4 Å². The molecule has 0 radical (unpaired) electrons. The number of hydrogen-bond acceptors (Lipinski definition) is 1. The lowest BCUT2D eigenvalue weighted by molar-refractivity contribution is 0.867. The zero-order valence-electron chi connectivity index (χ0n) is 9.94. The standard InChI is InChI=1S/C14H15ClN2/c1-10(2)12-5-3-4-6-13(12)16-9-11-7-8-14(15)17-11/h3-10,17H,1-2H3. The van der Waals surface area contributed by atoms with Crippen LogP contribution >= 0.6 is 11.6 Å². The van der Waals surface area contributed by atoms with Crippen LogP contribution in [0.25, 0.3) is 0 Å². The number of aliphatic imine (C=N–C) groups is 1. The number of nitrogens with zero attached hydrogens (tertiary/aromatic N) is 1. The highest BCUT2D eigenvalue weighted by atomic mass is 35.5. The third-order valence-electron chi connectivity index (χ3n) is 2.57. The number of hydrogen-bond donors (Lipinski definition) is 1. The van der Waals surface area contributed by atoms with E-state index in [-0.39, 0.29) is 0 Å². The van der Waals surface area contributed by atoms with Crippen LogP contribution in [0.2, 0.25) is 5.15 Å². The van der Waals surface area contributed by atoms with Crippen LogP contribution in [0.3, 0.4) is 0 Å². The van der Waals surface area contributed by atoms with Crippen molar-refractivity contribution in [2.45, 2.75) is 19.8 Å². The first-order valence-corrected chi connectivity index (χ1v) is 6.02. The monoisotopic (exact) mass is 246 g/mol. The van der Waals surface area contributed by atoms with Gasteiger partial charge in [-0.1, -0.05) is 43.6 Å². The smallest absolute Gasteiger partial charge is 0.106 e. The lowest BCUT2D eigenvalue weighted by Gasteiger charge is -2.07. The zero-order chi connectivity index (χ0) is 12.3. The minimum absolute atomic E-state index is 0.468. The van der Waals surface area contributed by atoms with Crippen molar-refractivity contribution in [3.8, 4) is 0 Å². The first kappa shape index (κ1) is 11.9. The minimum atomic E-state index is 0.468. The predicted octanol–water partition coefficient (Wildman–Crippen LogP) is 4.54. The number of aromatic nitrogens is 1. The molecule has 1 heterocycles. The largest absolute Gasteiger partial charge is 0.345 e. The van der Waals surface area contributed by atoms with Gasteiger partial charge in [-0.05, 0) is 29.7 Å². The van der Waals surface area contributed by atoms with Gasteiger partial charge >= 0.3 is 0 Å². The molecule has 3 heteroatoms. The molecule has 0 aliphatic rings. The van der Waals surface area contributed by atoms with Crippen molar-refractivity contribution in [1.82, 2.24) is 4.98 Å². The van der Waals surface area contributed by atoms with Crippen molar-refractivity contribution in [3.05, 3.63) is 52.8 Å². The Balaban J connectivity index is 2.26. The highest BCUT2D eigenvalue weighted by Crippen LogP contribution is 2.26. The van der Waals surface area contributed by atoms with Crippen molar-refractivity contribution >= 4 is 23.5 Å². The second kappa shape index (κ2) is 5.19. The van der Waals surface area contributed by atoms with E-state index in [2.05, 4.69) is 29.9 Å². The summed E-state index contributed by atoms with van der Waals surface area (Å²) in [7, 11) is 0. The Morgan fingerprint density at radius 1 is 1.18 bits per heavy atom. The van der Waals surface area contributed by atoms with Crippen molar-refractivity contribution in [3.63, 3.8) is 0 Å². The van der Waals surface area contributed by atoms with Gasteiger partial charge in [-0.3, -0.25) is 4.99 Å². The molecule has 88 valence electrons. The Bertz CT molecular complexity index is 527. The van der Waals surface area contributed by atoms with E-state index in [9.17, 15) is 0 Å². The van der Waals surface area contributed by atoms with Gasteiger partial charge in [0.1, 0.15) is 5.15 Å². The number of rotatable bonds is 3. The molecule has 2 nitrogen and oxygen atoms in total. The Kier molecular flexibility index (Phi) is 3.64. The third kappa shape index (κ3) is 2.98. The molecule has 0 spiro atoms. The summed E-state index contributed by atoms with van der Waals surface area (Å²) in [5.41, 5.74) is 3.17. The molecule has 0 unspecified atom stereocenters. The van der Waals surface area contributed by atoms with E-state index in [1.54, 1.807) is 6.21 Å². The number of aromatic amines is 1. The Morgan fingerprint density at radius 2 is 1.94 bits per heavy atom. The Labute approximate surface area is 106 Å². The maximum absolute atomic E-state index is 5.81. The molecule has 0 amide bonds. The molecule has 0 saturated heterocycles. The molecule has 0 fully saturated rings. The highest BCUT2D eigenvalue weighted by Gasteiger charge is 2.03. The summed E-state index contributed by atoms with van der Waals surface area (Å²) in [5, 5.41) is 0.628. The average molecular weight is 247 g/mol. The highest BCUT2D eigenvalue weighted by molar-refractivity contribution is 6.29. The molecule has 2 aromatic rings. The molecular formula is C14H15ClN2. The zero-order valence-corrected chi connectivity index (χ0v) is 10.7. The summed E-state index contributed by atoms with van der Waals surface area (Å²) in [6.45, 7) is 4.33. The summed E-state index contributed by atoms with van der Waals surface area (Å²) in [4.78, 5) is 7.51. The molecule has 1 aromatic carbocycles. The van der Waals surface area contributed by atoms with Gasteiger partial charge < -0.3 is 4.98 Å². The van der Waals surface area contributed by atoms with Crippen LogP contribution in [0.1, 0.15) is 31.0 Å². The third-order valence-corrected chi connectivity index (χ3v) is 2.79. The van der Waals surface area contributed by atoms with Gasteiger partial charge in [-0.25, -0.2) is 0 Å². The fraction of sp³-hybridized carbons (Fsp3) is 0.214. The van der Waals surface area contributed by atoms with Crippen LogP contribution in [0, 0.1) is 0 Å². The van der Waals surface area contributed by atoms with Crippen LogP contribution < -0.4 is 0 Å². The average Bonchev–Trinajstić information content (AvgIpc) is 2.73. The van der Waals surface area contributed by atoms with E-state index >= 15 is 0 Å². The Hall–Kier alpha value is -1.54. The van der Waals surface area contributed by atoms with Crippen molar-refractivity contribution in [1.29, 1.82) is 0 Å². The second-order valence-electron chi connectivity index (χ2n) is 4.23. The summed E-state index contributed by atoms with van der Waals surface area (Å²) in [6, 6.07) is 11.9. The molecule has 1 aromatic heterocycles. The molecule has 0 atom stereocenters. The number of benzene rings is 1. The quantitative estimate of drug-likeness (QED) is 0.770. The molecule has 0 bridgehead atoms. The SMILES string of the molecule is CC(C)c1ccccc1N=Cc1ccc(Cl)[nH]1. The predicted molar refractivity (Wildman–Crippen MR) is 73.6 cm³/mol. The maximum Gasteiger partial charge on any atom is 0.106 e. The van der Waals surface area contributed by atoms with Crippen LogP contribution in [0.4, 0.5) is 5.69 Å². The van der Waals surface area contributed by atoms with E-state index in [1.165, 1.54) is 5.56 Å². The molecule has 0 aliphatic heterocycles. The van der Waals surface area contributed by atoms with Gasteiger partial charge in [-0.2, -0.15) is 0 Å². The fourth-order valence-corrected chi connectivity index (χ4v) is 1.86. The molecule has 0 aliphatic carbocycles. The van der Waals surface area contributed by atoms with Gasteiger partial charge in [0.05, 0.1) is 17.6 Å². The van der Waals surface area contributed by atoms with Gasteiger partial charge in [0.15, 0.2) is 0 Å². The van der Waals surface area contributed by atoms with Crippen LogP contribution in [-0.4, -0.2) is 11.2 Å². The lowest BCUT2D eigenvalue weighted by Crippen LogP contribution is -1.88. The van der Waals surface area contributed by atoms with Crippen LogP contribution in [0.5, 0.6) is 0 Å². The molecular weight excluding hydrogens is 232 g/mol. The van der Waals surface area contributed by atoms with E-state index in [0.717, 1.165) is 11.4 Å². The first-order chi connectivity index (χ1) is 8.16. The Morgan fingerprint density at radius 3 is 2.59 bits per heavy atom. The lowest BCUT2D eigenvalue weighted by atomic mass is 10.0. The topological polar surface area (TPSA) is 28.1 Å². The molecule has 1 N–H and O–H groups in total. The van der Waals surface area contributed by atoms with E-state index in [4.69, 9.17) is 11.6 Å². The van der Waals surface area contributed by atoms with E-state index in [1.807, 2.05) is 30.3 Å². The van der Waals surface area contributed by atoms with E-state index < -0.39 is 0 Å². The summed E-state index contributed by atoms with van der Waals surface area (Å²) >= 11 is 5.81. The number of nitrogens with one attached hydrogen (secondary N) is 1. The first-order valence-electron chi connectivity index (χ1n) is 5.64. The van der Waals surface area contributed by atoms with Crippen molar-refractivity contribution < 1.29 is 0 Å². The van der Waals surface area contributed by atoms with E-state index in [0.29, 0.717) is 11.1 Å². The second-order valence-corrected chi connectivity index (χ2v) is 4.64. The number of para-hydroxylation sites is 1. The van der Waals surface area contributed by atoms with Gasteiger partial charge in [0.2, 0.25) is 0 Å². The van der Waals surface area contributed by atoms with Gasteiger partial charge in [-0.15, -0.1) is 0 Å². The number of H-pyrrole nitrogens is 1. The van der Waals surface area contributed by atoms with Crippen LogP contribution in [-0.2, 0) is 0 Å². The van der Waals surface area contributed by atoms with Gasteiger partial charge in [0.25, 0.3) is 0 Å². The minimum Gasteiger partial charge on any atom is -0.345 e. The summed E-state index contributed by atoms with van der Waals surface area (Å²) in [5.74, 6) is 0.468. The fourth-order valence-electron chi connectivity index (χ4n) is 1.69. The summed E-state index contributed by atoms with van der Waals surface area (Å²) in [6.07, 6.45) is 1.80. The van der Waals surface area contributed by atoms with Gasteiger partial charge in [0, 0.05) is 0 Å². The summed E-state index contributed by atoms with van der Waals surface area (Å²) < 4.78 is 0. The van der Waals surface area contributed by atoms with Crippen molar-refractivity contribution in [2.75, 3.05) is 0 Å². The van der Waals surface area contributed by atoms with Crippen molar-refractivity contribution in [2.24, 2.45) is 4.99 Å². The molecule has 2 rings (SSSR count). The molecule has 0 saturated carbocycles.